The summed E-state index contributed by atoms with van der Waals surface area (Å²) in [5.74, 6) is -2.00. The molecule has 1 atom stereocenters. The van der Waals surface area contributed by atoms with Gasteiger partial charge in [0.15, 0.2) is 0 Å². The standard InChI is InChI=1S/C7H15NO3/c1-8(2,3)5-6(9)4-7(10)11/h6,9H,4-5H2,1-3H3/t6-/m0/s1/i1D3,2D3,3D3,5D2. The lowest BCUT2D eigenvalue weighted by Gasteiger charge is -2.26. The molecule has 0 aliphatic heterocycles. The molecule has 11 heavy (non-hydrogen) atoms. The van der Waals surface area contributed by atoms with E-state index in [0.29, 0.717) is 0 Å². The van der Waals surface area contributed by atoms with Gasteiger partial charge in [-0.15, -0.1) is 0 Å². The minimum Gasteiger partial charge on any atom is -0.550 e. The van der Waals surface area contributed by atoms with Crippen molar-refractivity contribution in [2.24, 2.45) is 0 Å². The Labute approximate surface area is 82.1 Å². The van der Waals surface area contributed by atoms with Crippen LogP contribution in [0.4, 0.5) is 0 Å². The maximum Gasteiger partial charge on any atom is 0.108 e. The van der Waals surface area contributed by atoms with Gasteiger partial charge in [-0.25, -0.2) is 0 Å². The van der Waals surface area contributed by atoms with Crippen LogP contribution < -0.4 is 5.11 Å². The molecule has 0 saturated heterocycles. The molecule has 0 aromatic rings. The van der Waals surface area contributed by atoms with Gasteiger partial charge in [-0.3, -0.25) is 0 Å². The minimum atomic E-state index is -3.95. The van der Waals surface area contributed by atoms with Crippen LogP contribution in [0.5, 0.6) is 0 Å². The molecule has 0 heterocycles. The van der Waals surface area contributed by atoms with Gasteiger partial charge in [-0.05, 0) is 0 Å². The molecule has 0 saturated carbocycles. The summed E-state index contributed by atoms with van der Waals surface area (Å²) in [6, 6.07) is 0. The summed E-state index contributed by atoms with van der Waals surface area (Å²) >= 11 is 0. The number of aliphatic hydroxyl groups excluding tert-OH is 1. The molecule has 0 aromatic carbocycles. The molecule has 0 amide bonds. The molecular formula is C7H15NO3. The summed E-state index contributed by atoms with van der Waals surface area (Å²) in [5.41, 5.74) is 0. The summed E-state index contributed by atoms with van der Waals surface area (Å²) < 4.78 is 77.4. The van der Waals surface area contributed by atoms with Gasteiger partial charge in [0.05, 0.1) is 36.0 Å². The predicted molar refractivity (Wildman–Crippen MR) is 38.5 cm³/mol. The van der Waals surface area contributed by atoms with Crippen LogP contribution in [0, 0.1) is 0 Å². The van der Waals surface area contributed by atoms with E-state index in [1.54, 1.807) is 0 Å². The second-order valence-corrected chi connectivity index (χ2v) is 1.89. The predicted octanol–water partition coefficient (Wildman–Crippen LogP) is -1.81. The lowest BCUT2D eigenvalue weighted by molar-refractivity contribution is -0.873. The fourth-order valence-electron chi connectivity index (χ4n) is 0.427. The molecule has 0 bridgehead atoms. The highest BCUT2D eigenvalue weighted by atomic mass is 16.4. The monoisotopic (exact) mass is 172 g/mol. The Morgan fingerprint density at radius 2 is 2.36 bits per heavy atom. The SMILES string of the molecule is [2H]C([2H])([2H])[N+](C([2H])([2H])[2H])(C([2H])([2H])[2H])C([2H])([2H])[C@@H](O)CC(=O)[O-]. The smallest absolute Gasteiger partial charge is 0.108 e. The third-order valence-electron chi connectivity index (χ3n) is 0.703. The number of hydrogen-bond donors (Lipinski definition) is 1. The van der Waals surface area contributed by atoms with E-state index in [-0.39, 0.29) is 0 Å². The van der Waals surface area contributed by atoms with Crippen molar-refractivity contribution in [3.63, 3.8) is 0 Å². The summed E-state index contributed by atoms with van der Waals surface area (Å²) in [4.78, 5) is 10.5. The van der Waals surface area contributed by atoms with Gasteiger partial charge in [0.2, 0.25) is 0 Å². The molecule has 66 valence electrons. The summed E-state index contributed by atoms with van der Waals surface area (Å²) in [7, 11) is 0. The van der Waals surface area contributed by atoms with Crippen LogP contribution in [0.15, 0.2) is 0 Å². The number of carbonyl (C=O) groups is 1. The first-order valence-electron chi connectivity index (χ1n) is 8.11. The fourth-order valence-corrected chi connectivity index (χ4v) is 0.427. The molecule has 4 nitrogen and oxygen atoms in total. The van der Waals surface area contributed by atoms with Crippen molar-refractivity contribution in [2.45, 2.75) is 12.5 Å². The Morgan fingerprint density at radius 1 is 1.82 bits per heavy atom. The van der Waals surface area contributed by atoms with E-state index in [2.05, 4.69) is 0 Å². The van der Waals surface area contributed by atoms with Crippen molar-refractivity contribution in [3.05, 3.63) is 0 Å². The Morgan fingerprint density at radius 3 is 2.73 bits per heavy atom. The van der Waals surface area contributed by atoms with Crippen LogP contribution in [0.25, 0.3) is 0 Å². The van der Waals surface area contributed by atoms with Crippen molar-refractivity contribution in [1.82, 2.24) is 0 Å². The van der Waals surface area contributed by atoms with Gasteiger partial charge in [-0.2, -0.15) is 0 Å². The molecule has 0 aliphatic carbocycles. The highest BCUT2D eigenvalue weighted by Gasteiger charge is 2.14. The third kappa shape index (κ3) is 7.29. The van der Waals surface area contributed by atoms with E-state index < -0.39 is 50.4 Å². The number of carboxylic acid groups (broad SMARTS) is 1. The van der Waals surface area contributed by atoms with Crippen LogP contribution in [0.1, 0.15) is 21.5 Å². The zero-order valence-electron chi connectivity index (χ0n) is 16.5. The first-order chi connectivity index (χ1) is 9.34. The van der Waals surface area contributed by atoms with Crippen molar-refractivity contribution in [1.29, 1.82) is 0 Å². The highest BCUT2D eigenvalue weighted by molar-refractivity contribution is 5.64. The lowest BCUT2D eigenvalue weighted by atomic mass is 10.2. The first kappa shape index (κ1) is 2.20. The second-order valence-electron chi connectivity index (χ2n) is 1.89. The number of rotatable bonds is 4. The van der Waals surface area contributed by atoms with Crippen LogP contribution in [0.3, 0.4) is 0 Å². The summed E-state index contributed by atoms with van der Waals surface area (Å²) in [5, 5.41) is 20.1. The molecule has 0 radical (unpaired) electrons. The highest BCUT2D eigenvalue weighted by Crippen LogP contribution is 1.97. The van der Waals surface area contributed by atoms with E-state index in [0.717, 1.165) is 0 Å². The van der Waals surface area contributed by atoms with Crippen molar-refractivity contribution in [3.8, 4) is 0 Å². The van der Waals surface area contributed by atoms with E-state index in [1.807, 2.05) is 0 Å². The van der Waals surface area contributed by atoms with Gasteiger partial charge in [-0.1, -0.05) is 0 Å². The number of aliphatic carboxylic acids is 1. The topological polar surface area (TPSA) is 60.4 Å². The lowest BCUT2D eigenvalue weighted by Crippen LogP contribution is -2.43. The molecule has 1 N–H and O–H groups in total. The van der Waals surface area contributed by atoms with Gasteiger partial charge < -0.3 is 19.5 Å². The Bertz CT molecular complexity index is 387. The Kier molecular flexibility index (Phi) is 0.738. The number of aliphatic hydroxyl groups is 1. The van der Waals surface area contributed by atoms with Gasteiger partial charge in [0.25, 0.3) is 0 Å². The second kappa shape index (κ2) is 3.69. The molecule has 0 aromatic heterocycles. The number of quaternary nitrogens is 1. The van der Waals surface area contributed by atoms with Crippen LogP contribution in [-0.4, -0.2) is 49.1 Å². The van der Waals surface area contributed by atoms with E-state index in [9.17, 15) is 15.0 Å². The number of nitrogens with zero attached hydrogens (tertiary/aromatic N) is 1. The molecule has 0 fully saturated rings. The first-order valence-corrected chi connectivity index (χ1v) is 2.61. The minimum absolute atomic E-state index is 1.48. The van der Waals surface area contributed by atoms with Crippen molar-refractivity contribution in [2.75, 3.05) is 27.4 Å². The van der Waals surface area contributed by atoms with E-state index in [1.165, 1.54) is 0 Å². The van der Waals surface area contributed by atoms with Crippen molar-refractivity contribution < 1.29 is 34.6 Å². The van der Waals surface area contributed by atoms with Gasteiger partial charge in [0, 0.05) is 12.4 Å². The molecule has 0 spiro atoms. The Hall–Kier alpha value is -0.610. The number of likely N-dealkylation sites (N-methyl/N-ethyl adjacent to an activating group) is 1. The summed E-state index contributed by atoms with van der Waals surface area (Å²) in [6.45, 7) is -15.7. The largest absolute Gasteiger partial charge is 0.550 e. The quantitative estimate of drug-likeness (QED) is 0.509. The molecule has 0 rings (SSSR count). The van der Waals surface area contributed by atoms with Crippen LogP contribution in [0.2, 0.25) is 0 Å². The van der Waals surface area contributed by atoms with Crippen molar-refractivity contribution >= 4 is 5.97 Å². The summed E-state index contributed by atoms with van der Waals surface area (Å²) in [6.07, 6.45) is -4.21. The fraction of sp³-hybridized carbons (Fsp3) is 0.857. The number of carboxylic acids is 1. The van der Waals surface area contributed by atoms with Gasteiger partial charge >= 0.3 is 0 Å². The molecule has 0 aliphatic rings. The average Bonchev–Trinajstić information content (AvgIpc) is 2.07. The average molecular weight is 172 g/mol. The molecular weight excluding hydrogens is 146 g/mol. The van der Waals surface area contributed by atoms with Crippen LogP contribution in [-0.2, 0) is 4.79 Å². The number of hydrogen-bond acceptors (Lipinski definition) is 3. The normalized spacial score (nSPS) is 34.1. The maximum atomic E-state index is 10.5. The molecule has 4 heteroatoms. The van der Waals surface area contributed by atoms with Gasteiger partial charge in [0.1, 0.15) is 12.6 Å². The molecule has 0 unspecified atom stereocenters. The van der Waals surface area contributed by atoms with E-state index >= 15 is 0 Å². The number of carbonyl (C=O) groups excluding carboxylic acids is 1. The zero-order chi connectivity index (χ0) is 18.4. The Balaban J connectivity index is 6.61. The van der Waals surface area contributed by atoms with Crippen LogP contribution >= 0.6 is 0 Å². The van der Waals surface area contributed by atoms with E-state index in [4.69, 9.17) is 15.1 Å². The maximum absolute atomic E-state index is 10.5. The zero-order valence-corrected chi connectivity index (χ0v) is 5.50. The third-order valence-corrected chi connectivity index (χ3v) is 0.703.